The third-order valence-electron chi connectivity index (χ3n) is 5.46. The van der Waals surface area contributed by atoms with Gasteiger partial charge in [0.15, 0.2) is 5.69 Å². The van der Waals surface area contributed by atoms with Gasteiger partial charge in [0.25, 0.3) is 5.91 Å². The van der Waals surface area contributed by atoms with Gasteiger partial charge in [-0.3, -0.25) is 4.79 Å². The van der Waals surface area contributed by atoms with E-state index in [0.29, 0.717) is 38.8 Å². The number of benzene rings is 3. The number of aromatic amines is 1. The number of nitrogens with zero attached hydrogens (tertiary/aromatic N) is 3. The fourth-order valence-electron chi connectivity index (χ4n) is 3.79. The Kier molecular flexibility index (Phi) is 5.06. The number of pyridine rings is 1. The van der Waals surface area contributed by atoms with Gasteiger partial charge in [-0.2, -0.15) is 0 Å². The zero-order chi connectivity index (χ0) is 22.9. The van der Waals surface area contributed by atoms with E-state index in [1.54, 1.807) is 25.3 Å². The minimum atomic E-state index is -0.547. The summed E-state index contributed by atoms with van der Waals surface area (Å²) in [5, 5.41) is 19.7. The van der Waals surface area contributed by atoms with E-state index in [-0.39, 0.29) is 11.6 Å². The number of aryl methyl sites for hydroxylation is 1. The number of rotatable bonds is 4. The van der Waals surface area contributed by atoms with Crippen LogP contribution >= 0.6 is 0 Å². The second kappa shape index (κ2) is 8.20. The first-order valence-corrected chi connectivity index (χ1v) is 10.3. The average Bonchev–Trinajstić information content (AvgIpc) is 3.16. The van der Waals surface area contributed by atoms with Gasteiger partial charge in [0, 0.05) is 16.3 Å². The number of carbonyl (C=O) groups is 1. The lowest BCUT2D eigenvalue weighted by Gasteiger charge is -2.09. The van der Waals surface area contributed by atoms with Crippen molar-refractivity contribution in [3.8, 4) is 22.9 Å². The number of hydrogen-bond acceptors (Lipinski definition) is 5. The lowest BCUT2D eigenvalue weighted by Crippen LogP contribution is -1.99. The van der Waals surface area contributed by atoms with Crippen LogP contribution in [-0.4, -0.2) is 28.1 Å². The molecule has 0 bridgehead atoms. The van der Waals surface area contributed by atoms with Gasteiger partial charge < -0.3 is 14.8 Å². The molecule has 7 nitrogen and oxygen atoms in total. The largest absolute Gasteiger partial charge is 0.497 e. The van der Waals surface area contributed by atoms with E-state index in [9.17, 15) is 9.90 Å². The molecule has 0 atom stereocenters. The van der Waals surface area contributed by atoms with Crippen LogP contribution in [0.5, 0.6) is 11.6 Å². The molecule has 0 saturated heterocycles. The highest BCUT2D eigenvalue weighted by atomic mass is 16.5. The van der Waals surface area contributed by atoms with Gasteiger partial charge in [0.1, 0.15) is 5.75 Å². The number of ether oxygens (including phenoxy) is 1. The fourth-order valence-corrected chi connectivity index (χ4v) is 3.79. The summed E-state index contributed by atoms with van der Waals surface area (Å²) in [6.45, 7) is 1.94. The number of aromatic nitrogens is 2. The van der Waals surface area contributed by atoms with Crippen molar-refractivity contribution in [2.75, 3.05) is 7.11 Å². The molecule has 0 saturated carbocycles. The first-order valence-electron chi connectivity index (χ1n) is 10.3. The maximum atomic E-state index is 13.2. The van der Waals surface area contributed by atoms with E-state index in [1.807, 2.05) is 61.5 Å². The average molecular weight is 436 g/mol. The number of hydrogen-bond donors (Lipinski definition) is 2. The van der Waals surface area contributed by atoms with Crippen LogP contribution < -0.4 is 4.74 Å². The van der Waals surface area contributed by atoms with Crippen LogP contribution in [0.4, 0.5) is 5.69 Å². The van der Waals surface area contributed by atoms with Gasteiger partial charge in [-0.1, -0.05) is 42.0 Å². The molecule has 0 aliphatic rings. The van der Waals surface area contributed by atoms with Crippen LogP contribution in [0.25, 0.3) is 33.1 Å². The van der Waals surface area contributed by atoms with Crippen molar-refractivity contribution in [3.63, 3.8) is 0 Å². The molecule has 0 fully saturated rings. The molecule has 7 heteroatoms. The number of carbonyl (C=O) groups excluding carboxylic acids is 1. The maximum absolute atomic E-state index is 13.2. The molecule has 0 radical (unpaired) electrons. The SMILES string of the molecule is COc1ccc2nc(-c3ccccc3)cc(C(=O)N=Nc3c(O)[nH]c4ccc(C)cc34)c2c1. The highest BCUT2D eigenvalue weighted by molar-refractivity contribution is 6.08. The smallest absolute Gasteiger partial charge is 0.296 e. The fraction of sp³-hybridized carbons (Fsp3) is 0.0769. The second-order valence-electron chi connectivity index (χ2n) is 7.68. The molecular weight excluding hydrogens is 416 g/mol. The Hall–Kier alpha value is -4.52. The lowest BCUT2D eigenvalue weighted by atomic mass is 10.0. The molecule has 5 rings (SSSR count). The Morgan fingerprint density at radius 3 is 2.61 bits per heavy atom. The van der Waals surface area contributed by atoms with Gasteiger partial charge in [-0.15, -0.1) is 10.2 Å². The van der Waals surface area contributed by atoms with Gasteiger partial charge in [0.2, 0.25) is 5.88 Å². The number of methoxy groups -OCH3 is 1. The summed E-state index contributed by atoms with van der Waals surface area (Å²) in [6.07, 6.45) is 0. The van der Waals surface area contributed by atoms with Gasteiger partial charge in [0.05, 0.1) is 29.4 Å². The zero-order valence-electron chi connectivity index (χ0n) is 18.0. The highest BCUT2D eigenvalue weighted by Crippen LogP contribution is 2.36. The van der Waals surface area contributed by atoms with Crippen molar-refractivity contribution >= 4 is 33.4 Å². The monoisotopic (exact) mass is 436 g/mol. The molecule has 2 aromatic heterocycles. The molecular formula is C26H20N4O3. The summed E-state index contributed by atoms with van der Waals surface area (Å²) in [5.74, 6) is -0.0832. The van der Waals surface area contributed by atoms with Crippen LogP contribution in [0.15, 0.2) is 83.0 Å². The number of nitrogens with one attached hydrogen (secondary N) is 1. The first kappa shape index (κ1) is 20.4. The molecule has 5 aromatic rings. The summed E-state index contributed by atoms with van der Waals surface area (Å²) in [6, 6.07) is 22.3. The van der Waals surface area contributed by atoms with Crippen LogP contribution in [0, 0.1) is 6.92 Å². The summed E-state index contributed by atoms with van der Waals surface area (Å²) < 4.78 is 5.34. The van der Waals surface area contributed by atoms with Gasteiger partial charge >= 0.3 is 0 Å². The summed E-state index contributed by atoms with van der Waals surface area (Å²) >= 11 is 0. The minimum Gasteiger partial charge on any atom is -0.497 e. The van der Waals surface area contributed by atoms with Crippen LogP contribution in [0.3, 0.4) is 0 Å². The molecule has 33 heavy (non-hydrogen) atoms. The van der Waals surface area contributed by atoms with Crippen molar-refractivity contribution < 1.29 is 14.6 Å². The highest BCUT2D eigenvalue weighted by Gasteiger charge is 2.16. The second-order valence-corrected chi connectivity index (χ2v) is 7.68. The number of aromatic hydroxyl groups is 1. The van der Waals surface area contributed by atoms with Crippen LogP contribution in [0.1, 0.15) is 15.9 Å². The Morgan fingerprint density at radius 2 is 1.82 bits per heavy atom. The third kappa shape index (κ3) is 3.80. The zero-order valence-corrected chi connectivity index (χ0v) is 18.0. The Balaban J connectivity index is 1.63. The maximum Gasteiger partial charge on any atom is 0.296 e. The van der Waals surface area contributed by atoms with Crippen LogP contribution in [0.2, 0.25) is 0 Å². The number of azo groups is 1. The molecule has 1 amide bonds. The van der Waals surface area contributed by atoms with Gasteiger partial charge in [-0.05, 0) is 43.3 Å². The van der Waals surface area contributed by atoms with Crippen molar-refractivity contribution in [1.29, 1.82) is 0 Å². The van der Waals surface area contributed by atoms with Crippen molar-refractivity contribution in [3.05, 3.63) is 83.9 Å². The van der Waals surface area contributed by atoms with E-state index in [1.165, 1.54) is 0 Å². The Morgan fingerprint density at radius 1 is 1.00 bits per heavy atom. The lowest BCUT2D eigenvalue weighted by molar-refractivity contribution is 0.0996. The molecule has 2 heterocycles. The van der Waals surface area contributed by atoms with E-state index >= 15 is 0 Å². The van der Waals surface area contributed by atoms with Gasteiger partial charge in [-0.25, -0.2) is 4.98 Å². The van der Waals surface area contributed by atoms with Crippen molar-refractivity contribution in [2.45, 2.75) is 6.92 Å². The summed E-state index contributed by atoms with van der Waals surface area (Å²) in [7, 11) is 1.57. The molecule has 0 unspecified atom stereocenters. The van der Waals surface area contributed by atoms with E-state index in [4.69, 9.17) is 9.72 Å². The third-order valence-corrected chi connectivity index (χ3v) is 5.46. The molecule has 0 spiro atoms. The van der Waals surface area contributed by atoms with E-state index in [2.05, 4.69) is 15.2 Å². The minimum absolute atomic E-state index is 0.140. The molecule has 162 valence electrons. The summed E-state index contributed by atoms with van der Waals surface area (Å²) in [4.78, 5) is 20.8. The van der Waals surface area contributed by atoms with Crippen molar-refractivity contribution in [2.24, 2.45) is 10.2 Å². The van der Waals surface area contributed by atoms with E-state index < -0.39 is 5.91 Å². The van der Waals surface area contributed by atoms with Crippen LogP contribution in [-0.2, 0) is 0 Å². The molecule has 0 aliphatic heterocycles. The number of fused-ring (bicyclic) bond motifs is 2. The Labute approximate surface area is 189 Å². The Bertz CT molecular complexity index is 1540. The quantitative estimate of drug-likeness (QED) is 0.322. The predicted octanol–water partition coefficient (Wildman–Crippen LogP) is 6.33. The topological polar surface area (TPSA) is 99.9 Å². The molecule has 0 aliphatic carbocycles. The van der Waals surface area contributed by atoms with E-state index in [0.717, 1.165) is 11.1 Å². The summed E-state index contributed by atoms with van der Waals surface area (Å²) in [5.41, 5.74) is 4.46. The van der Waals surface area contributed by atoms with Crippen molar-refractivity contribution in [1.82, 2.24) is 9.97 Å². The molecule has 3 aromatic carbocycles. The first-order chi connectivity index (χ1) is 16.0. The standard InChI is InChI=1S/C26H20N4O3/c1-15-8-10-22-20(12-15)24(26(32)28-22)29-30-25(31)19-14-23(16-6-4-3-5-7-16)27-21-11-9-17(33-2)13-18(19)21/h3-14,28,32H,1-2H3. The number of H-pyrrole nitrogens is 1. The number of amides is 1. The predicted molar refractivity (Wildman–Crippen MR) is 127 cm³/mol. The molecule has 2 N–H and O–H groups in total. The normalized spacial score (nSPS) is 11.5.